The first-order valence-corrected chi connectivity index (χ1v) is 12.0. The molecule has 170 valence electrons. The summed E-state index contributed by atoms with van der Waals surface area (Å²) in [6, 6.07) is 9.90. The van der Waals surface area contributed by atoms with Gasteiger partial charge < -0.3 is 25.4 Å². The van der Waals surface area contributed by atoms with Crippen molar-refractivity contribution in [3.8, 4) is 33.9 Å². The molecule has 1 amide bonds. The minimum Gasteiger partial charge on any atom is -0.507 e. The molecule has 0 radical (unpaired) electrons. The van der Waals surface area contributed by atoms with E-state index in [1.807, 2.05) is 24.3 Å². The molecule has 1 aromatic heterocycles. The van der Waals surface area contributed by atoms with Gasteiger partial charge in [0.15, 0.2) is 11.5 Å². The number of hydrogen-bond acceptors (Lipinski definition) is 7. The molecular weight excluding hydrogens is 454 g/mol. The van der Waals surface area contributed by atoms with Crippen LogP contribution < -0.4 is 10.6 Å². The van der Waals surface area contributed by atoms with Crippen LogP contribution in [0.15, 0.2) is 40.9 Å². The van der Waals surface area contributed by atoms with Gasteiger partial charge in [-0.1, -0.05) is 41.0 Å². The van der Waals surface area contributed by atoms with Gasteiger partial charge in [-0.3, -0.25) is 9.00 Å². The second-order valence-corrected chi connectivity index (χ2v) is 9.03. The van der Waals surface area contributed by atoms with Crippen LogP contribution in [-0.4, -0.2) is 50.6 Å². The van der Waals surface area contributed by atoms with Gasteiger partial charge in [-0.05, 0) is 24.1 Å². The molecule has 0 saturated heterocycles. The van der Waals surface area contributed by atoms with Crippen LogP contribution in [0.25, 0.3) is 22.5 Å². The normalized spacial score (nSPS) is 12.0. The summed E-state index contributed by atoms with van der Waals surface area (Å²) in [5.41, 5.74) is 2.33. The van der Waals surface area contributed by atoms with Crippen LogP contribution in [0.2, 0.25) is 5.02 Å². The Kier molecular flexibility index (Phi) is 7.89. The Labute approximate surface area is 193 Å². The van der Waals surface area contributed by atoms with E-state index in [2.05, 4.69) is 15.8 Å². The maximum Gasteiger partial charge on any atom is 0.274 e. The molecule has 4 N–H and O–H groups in total. The largest absolute Gasteiger partial charge is 0.507 e. The molecule has 0 spiro atoms. The Morgan fingerprint density at radius 2 is 1.91 bits per heavy atom. The molecule has 0 bridgehead atoms. The molecule has 0 aliphatic carbocycles. The van der Waals surface area contributed by atoms with E-state index in [1.54, 1.807) is 13.2 Å². The van der Waals surface area contributed by atoms with Crippen molar-refractivity contribution >= 4 is 28.3 Å². The van der Waals surface area contributed by atoms with Crippen molar-refractivity contribution in [3.05, 3.63) is 52.7 Å². The molecule has 2 aromatic carbocycles. The maximum atomic E-state index is 12.6. The zero-order valence-electron chi connectivity index (χ0n) is 17.6. The van der Waals surface area contributed by atoms with Gasteiger partial charge in [0.05, 0.1) is 16.1 Å². The van der Waals surface area contributed by atoms with Crippen LogP contribution >= 0.6 is 11.6 Å². The number of rotatable bonds is 9. The number of halogens is 1. The van der Waals surface area contributed by atoms with E-state index in [4.69, 9.17) is 16.1 Å². The zero-order valence-corrected chi connectivity index (χ0v) is 19.2. The summed E-state index contributed by atoms with van der Waals surface area (Å²) in [6.45, 7) is 3.44. The van der Waals surface area contributed by atoms with Crippen molar-refractivity contribution in [3.63, 3.8) is 0 Å². The first kappa shape index (κ1) is 23.8. The van der Waals surface area contributed by atoms with Crippen molar-refractivity contribution in [1.29, 1.82) is 0 Å². The molecule has 0 aliphatic heterocycles. The fraction of sp³-hybridized carbons (Fsp3) is 0.273. The molecule has 0 saturated carbocycles. The first-order valence-electron chi connectivity index (χ1n) is 9.91. The molecule has 3 rings (SSSR count). The van der Waals surface area contributed by atoms with E-state index in [9.17, 15) is 19.2 Å². The third-order valence-electron chi connectivity index (χ3n) is 4.69. The number of nitrogens with zero attached hydrogens (tertiary/aromatic N) is 1. The molecular formula is C22H24ClN3O5S. The van der Waals surface area contributed by atoms with Gasteiger partial charge >= 0.3 is 0 Å². The maximum absolute atomic E-state index is 12.6. The standard InChI is InChI=1S/C22H24ClN3O5S/c1-3-25-22(29)20-19(14-6-4-13(5-7-14)12-24-8-9-32(2)30)21(31-26-20)15-10-16(23)18(28)11-17(15)27/h4-7,10-11,24,27-28H,3,8-9,12H2,1-2H3,(H,25,29). The molecule has 0 fully saturated rings. The predicted molar refractivity (Wildman–Crippen MR) is 124 cm³/mol. The van der Waals surface area contributed by atoms with Gasteiger partial charge in [-0.25, -0.2) is 0 Å². The van der Waals surface area contributed by atoms with Crippen LogP contribution in [0.3, 0.4) is 0 Å². The average Bonchev–Trinajstić information content (AvgIpc) is 3.19. The fourth-order valence-corrected chi connectivity index (χ4v) is 3.71. The van der Waals surface area contributed by atoms with Crippen LogP contribution in [0.4, 0.5) is 0 Å². The zero-order chi connectivity index (χ0) is 23.3. The van der Waals surface area contributed by atoms with E-state index in [0.29, 0.717) is 36.5 Å². The Balaban J connectivity index is 1.99. The lowest BCUT2D eigenvalue weighted by molar-refractivity contribution is 0.0947. The average molecular weight is 478 g/mol. The molecule has 1 heterocycles. The highest BCUT2D eigenvalue weighted by Crippen LogP contribution is 2.42. The summed E-state index contributed by atoms with van der Waals surface area (Å²) in [7, 11) is -0.846. The summed E-state index contributed by atoms with van der Waals surface area (Å²) < 4.78 is 16.6. The number of carbonyl (C=O) groups is 1. The van der Waals surface area contributed by atoms with Crippen molar-refractivity contribution in [1.82, 2.24) is 15.8 Å². The van der Waals surface area contributed by atoms with Gasteiger partial charge in [0, 0.05) is 48.5 Å². The summed E-state index contributed by atoms with van der Waals surface area (Å²) >= 11 is 6.03. The fourth-order valence-electron chi connectivity index (χ4n) is 3.11. The Morgan fingerprint density at radius 3 is 2.56 bits per heavy atom. The quantitative estimate of drug-likeness (QED) is 0.348. The highest BCUT2D eigenvalue weighted by Gasteiger charge is 2.26. The lowest BCUT2D eigenvalue weighted by Crippen LogP contribution is -2.23. The molecule has 3 aromatic rings. The third-order valence-corrected chi connectivity index (χ3v) is 5.77. The van der Waals surface area contributed by atoms with E-state index in [0.717, 1.165) is 11.6 Å². The van der Waals surface area contributed by atoms with Crippen LogP contribution in [0.1, 0.15) is 23.0 Å². The van der Waals surface area contributed by atoms with E-state index < -0.39 is 16.7 Å². The number of phenols is 2. The Bertz CT molecular complexity index is 1130. The van der Waals surface area contributed by atoms with Gasteiger partial charge in [-0.15, -0.1) is 0 Å². The molecule has 32 heavy (non-hydrogen) atoms. The van der Waals surface area contributed by atoms with Gasteiger partial charge in [0.2, 0.25) is 0 Å². The SMILES string of the molecule is CCNC(=O)c1noc(-c2cc(Cl)c(O)cc2O)c1-c1ccc(CNCCS(C)=O)cc1. The lowest BCUT2D eigenvalue weighted by Gasteiger charge is -2.09. The van der Waals surface area contributed by atoms with Crippen molar-refractivity contribution in [2.75, 3.05) is 25.1 Å². The minimum absolute atomic E-state index is 0.0224. The topological polar surface area (TPSA) is 125 Å². The van der Waals surface area contributed by atoms with Crippen LogP contribution in [0, 0.1) is 0 Å². The Hall–Kier alpha value is -2.88. The van der Waals surface area contributed by atoms with Crippen molar-refractivity contribution in [2.45, 2.75) is 13.5 Å². The minimum atomic E-state index is -0.846. The van der Waals surface area contributed by atoms with Crippen LogP contribution in [-0.2, 0) is 17.3 Å². The molecule has 1 unspecified atom stereocenters. The smallest absolute Gasteiger partial charge is 0.274 e. The number of aromatic nitrogens is 1. The van der Waals surface area contributed by atoms with Gasteiger partial charge in [-0.2, -0.15) is 0 Å². The monoisotopic (exact) mass is 477 g/mol. The van der Waals surface area contributed by atoms with E-state index >= 15 is 0 Å². The molecule has 1 atom stereocenters. The number of nitrogens with one attached hydrogen (secondary N) is 2. The number of amides is 1. The summed E-state index contributed by atoms with van der Waals surface area (Å²) in [5.74, 6) is -0.221. The summed E-state index contributed by atoms with van der Waals surface area (Å²) in [4.78, 5) is 12.6. The summed E-state index contributed by atoms with van der Waals surface area (Å²) in [6.07, 6.45) is 1.67. The second kappa shape index (κ2) is 10.6. The third kappa shape index (κ3) is 5.48. The van der Waals surface area contributed by atoms with Gasteiger partial charge in [0.1, 0.15) is 11.5 Å². The van der Waals surface area contributed by atoms with Gasteiger partial charge in [0.25, 0.3) is 5.91 Å². The molecule has 10 heteroatoms. The molecule has 8 nitrogen and oxygen atoms in total. The number of hydrogen-bond donors (Lipinski definition) is 4. The van der Waals surface area contributed by atoms with E-state index in [1.165, 1.54) is 6.07 Å². The van der Waals surface area contributed by atoms with Crippen molar-refractivity contribution in [2.24, 2.45) is 0 Å². The highest BCUT2D eigenvalue weighted by atomic mass is 35.5. The number of aromatic hydroxyl groups is 2. The lowest BCUT2D eigenvalue weighted by atomic mass is 9.97. The number of carbonyl (C=O) groups excluding carboxylic acids is 1. The number of benzene rings is 2. The highest BCUT2D eigenvalue weighted by molar-refractivity contribution is 7.84. The predicted octanol–water partition coefficient (Wildman–Crippen LogP) is 3.29. The number of phenolic OH excluding ortho intramolecular Hbond substituents is 2. The van der Waals surface area contributed by atoms with Crippen molar-refractivity contribution < 1.29 is 23.7 Å². The second-order valence-electron chi connectivity index (χ2n) is 7.07. The first-order chi connectivity index (χ1) is 15.3. The molecule has 0 aliphatic rings. The van der Waals surface area contributed by atoms with Crippen LogP contribution in [0.5, 0.6) is 11.5 Å². The Morgan fingerprint density at radius 1 is 1.19 bits per heavy atom. The summed E-state index contributed by atoms with van der Waals surface area (Å²) in [5, 5.41) is 30.0. The van der Waals surface area contributed by atoms with E-state index in [-0.39, 0.29) is 33.5 Å².